The summed E-state index contributed by atoms with van der Waals surface area (Å²) in [6.07, 6.45) is 3.33. The van der Waals surface area contributed by atoms with E-state index in [4.69, 9.17) is 9.47 Å². The SMILES string of the molecule is O=C(NCc1ccc(F)cc1)C1CCN(CC(O)COCC2CCCO2)CC1. The minimum absolute atomic E-state index is 0.00962. The lowest BCUT2D eigenvalue weighted by Crippen LogP contribution is -2.43. The predicted octanol–water partition coefficient (Wildman–Crippen LogP) is 1.71. The molecule has 0 aliphatic carbocycles. The van der Waals surface area contributed by atoms with Crippen LogP contribution in [-0.2, 0) is 20.8 Å². The summed E-state index contributed by atoms with van der Waals surface area (Å²) in [7, 11) is 0. The summed E-state index contributed by atoms with van der Waals surface area (Å²) >= 11 is 0. The van der Waals surface area contributed by atoms with Crippen molar-refractivity contribution in [1.29, 1.82) is 0 Å². The average Bonchev–Trinajstić information content (AvgIpc) is 3.21. The Morgan fingerprint density at radius 2 is 2.04 bits per heavy atom. The van der Waals surface area contributed by atoms with Gasteiger partial charge < -0.3 is 24.8 Å². The Morgan fingerprint density at radius 1 is 1.29 bits per heavy atom. The van der Waals surface area contributed by atoms with Crippen LogP contribution in [0.5, 0.6) is 0 Å². The second kappa shape index (κ2) is 10.9. The summed E-state index contributed by atoms with van der Waals surface area (Å²) in [5.74, 6) is -0.240. The van der Waals surface area contributed by atoms with E-state index >= 15 is 0 Å². The smallest absolute Gasteiger partial charge is 0.223 e. The number of halogens is 1. The highest BCUT2D eigenvalue weighted by atomic mass is 19.1. The van der Waals surface area contributed by atoms with Gasteiger partial charge in [0.05, 0.1) is 25.4 Å². The van der Waals surface area contributed by atoms with Gasteiger partial charge in [0, 0.05) is 25.6 Å². The standard InChI is InChI=1S/C21H31FN2O4/c22-18-5-3-16(4-6-18)12-23-21(26)17-7-9-24(10-8-17)13-19(25)14-27-15-20-2-1-11-28-20/h3-6,17,19-20,25H,1-2,7-15H2,(H,23,26). The molecule has 0 spiro atoms. The van der Waals surface area contributed by atoms with Crippen LogP contribution >= 0.6 is 0 Å². The Labute approximate surface area is 166 Å². The topological polar surface area (TPSA) is 71.0 Å². The van der Waals surface area contributed by atoms with E-state index in [9.17, 15) is 14.3 Å². The van der Waals surface area contributed by atoms with E-state index in [1.807, 2.05) is 0 Å². The first-order chi connectivity index (χ1) is 13.6. The van der Waals surface area contributed by atoms with Crippen molar-refractivity contribution in [2.45, 2.75) is 44.4 Å². The molecule has 0 aromatic heterocycles. The maximum atomic E-state index is 12.9. The molecule has 2 saturated heterocycles. The van der Waals surface area contributed by atoms with E-state index in [1.165, 1.54) is 12.1 Å². The molecule has 0 bridgehead atoms. The fraction of sp³-hybridized carbons (Fsp3) is 0.667. The molecule has 0 radical (unpaired) electrons. The first-order valence-corrected chi connectivity index (χ1v) is 10.2. The summed E-state index contributed by atoms with van der Waals surface area (Å²) in [6, 6.07) is 6.16. The number of rotatable bonds is 9. The fourth-order valence-corrected chi connectivity index (χ4v) is 3.78. The van der Waals surface area contributed by atoms with Crippen molar-refractivity contribution in [3.05, 3.63) is 35.6 Å². The Hall–Kier alpha value is -1.54. The molecule has 7 heteroatoms. The van der Waals surface area contributed by atoms with Gasteiger partial charge in [-0.2, -0.15) is 0 Å². The molecule has 3 rings (SSSR count). The van der Waals surface area contributed by atoms with Crippen LogP contribution in [0.25, 0.3) is 0 Å². The second-order valence-electron chi connectivity index (χ2n) is 7.75. The number of β-amino-alcohol motifs (C(OH)–C–C–N with tert-alkyl or cyclic N) is 1. The highest BCUT2D eigenvalue weighted by molar-refractivity contribution is 5.78. The molecule has 6 nitrogen and oxygen atoms in total. The number of nitrogens with zero attached hydrogens (tertiary/aromatic N) is 1. The van der Waals surface area contributed by atoms with Crippen molar-refractivity contribution in [1.82, 2.24) is 10.2 Å². The van der Waals surface area contributed by atoms with Crippen LogP contribution in [0.4, 0.5) is 4.39 Å². The van der Waals surface area contributed by atoms with E-state index in [0.717, 1.165) is 50.9 Å². The monoisotopic (exact) mass is 394 g/mol. The normalized spacial score (nSPS) is 22.3. The number of nitrogens with one attached hydrogen (secondary N) is 1. The third kappa shape index (κ3) is 6.81. The van der Waals surface area contributed by atoms with Crippen LogP contribution in [0.1, 0.15) is 31.2 Å². The number of ether oxygens (including phenoxy) is 2. The van der Waals surface area contributed by atoms with Crippen molar-refractivity contribution >= 4 is 5.91 Å². The zero-order chi connectivity index (χ0) is 19.8. The molecular weight excluding hydrogens is 363 g/mol. The van der Waals surface area contributed by atoms with Crippen molar-refractivity contribution in [2.24, 2.45) is 5.92 Å². The zero-order valence-electron chi connectivity index (χ0n) is 16.3. The Balaban J connectivity index is 1.28. The van der Waals surface area contributed by atoms with Crippen LogP contribution < -0.4 is 5.32 Å². The number of amides is 1. The van der Waals surface area contributed by atoms with Crippen LogP contribution in [0.3, 0.4) is 0 Å². The van der Waals surface area contributed by atoms with E-state index in [0.29, 0.717) is 26.3 Å². The number of aliphatic hydroxyl groups excluding tert-OH is 1. The molecule has 2 N–H and O–H groups in total. The van der Waals surface area contributed by atoms with Gasteiger partial charge in [-0.15, -0.1) is 0 Å². The number of hydrogen-bond donors (Lipinski definition) is 2. The van der Waals surface area contributed by atoms with Crippen molar-refractivity contribution in [3.63, 3.8) is 0 Å². The molecule has 2 atom stereocenters. The molecule has 0 saturated carbocycles. The van der Waals surface area contributed by atoms with Gasteiger partial charge in [-0.1, -0.05) is 12.1 Å². The first kappa shape index (κ1) is 21.2. The fourth-order valence-electron chi connectivity index (χ4n) is 3.78. The van der Waals surface area contributed by atoms with Crippen LogP contribution in [0, 0.1) is 11.7 Å². The van der Waals surface area contributed by atoms with Crippen molar-refractivity contribution in [3.8, 4) is 0 Å². The Morgan fingerprint density at radius 3 is 2.71 bits per heavy atom. The minimum Gasteiger partial charge on any atom is -0.389 e. The molecular formula is C21H31FN2O4. The summed E-state index contributed by atoms with van der Waals surface area (Å²) in [5, 5.41) is 13.1. The number of carbonyl (C=O) groups is 1. The van der Waals surface area contributed by atoms with Gasteiger partial charge >= 0.3 is 0 Å². The number of carbonyl (C=O) groups excluding carboxylic acids is 1. The Kier molecular flexibility index (Phi) is 8.21. The lowest BCUT2D eigenvalue weighted by atomic mass is 9.95. The van der Waals surface area contributed by atoms with Gasteiger partial charge in [0.2, 0.25) is 5.91 Å². The molecule has 2 unspecified atom stereocenters. The summed E-state index contributed by atoms with van der Waals surface area (Å²) in [6.45, 7) is 4.23. The molecule has 28 heavy (non-hydrogen) atoms. The average molecular weight is 394 g/mol. The molecule has 2 fully saturated rings. The molecule has 2 aliphatic rings. The quantitative estimate of drug-likeness (QED) is 0.667. The third-order valence-corrected chi connectivity index (χ3v) is 5.45. The van der Waals surface area contributed by atoms with Gasteiger partial charge in [0.1, 0.15) is 5.82 Å². The number of benzene rings is 1. The number of hydrogen-bond acceptors (Lipinski definition) is 5. The highest BCUT2D eigenvalue weighted by Crippen LogP contribution is 2.18. The van der Waals surface area contributed by atoms with E-state index in [2.05, 4.69) is 10.2 Å². The molecule has 1 aromatic rings. The number of likely N-dealkylation sites (tertiary alicyclic amines) is 1. The first-order valence-electron chi connectivity index (χ1n) is 10.2. The summed E-state index contributed by atoms with van der Waals surface area (Å²) in [5.41, 5.74) is 0.887. The minimum atomic E-state index is -0.523. The second-order valence-corrected chi connectivity index (χ2v) is 7.75. The molecule has 156 valence electrons. The lowest BCUT2D eigenvalue weighted by molar-refractivity contribution is -0.126. The van der Waals surface area contributed by atoms with Crippen LogP contribution in [0.2, 0.25) is 0 Å². The maximum absolute atomic E-state index is 12.9. The maximum Gasteiger partial charge on any atom is 0.223 e. The van der Waals surface area contributed by atoms with Gasteiger partial charge in [-0.3, -0.25) is 4.79 Å². The summed E-state index contributed by atoms with van der Waals surface area (Å²) in [4.78, 5) is 14.5. The van der Waals surface area contributed by atoms with Gasteiger partial charge in [-0.25, -0.2) is 4.39 Å². The van der Waals surface area contributed by atoms with Gasteiger partial charge in [-0.05, 0) is 56.5 Å². The molecule has 2 heterocycles. The van der Waals surface area contributed by atoms with Crippen molar-refractivity contribution < 1.29 is 23.8 Å². The van der Waals surface area contributed by atoms with E-state index in [1.54, 1.807) is 12.1 Å². The van der Waals surface area contributed by atoms with Gasteiger partial charge in [0.25, 0.3) is 0 Å². The van der Waals surface area contributed by atoms with E-state index < -0.39 is 6.10 Å². The van der Waals surface area contributed by atoms with E-state index in [-0.39, 0.29) is 23.7 Å². The number of piperidine rings is 1. The Bertz CT molecular complexity index is 599. The summed E-state index contributed by atoms with van der Waals surface area (Å²) < 4.78 is 24.0. The molecule has 2 aliphatic heterocycles. The predicted molar refractivity (Wildman–Crippen MR) is 103 cm³/mol. The lowest BCUT2D eigenvalue weighted by Gasteiger charge is -2.32. The molecule has 1 amide bonds. The zero-order valence-corrected chi connectivity index (χ0v) is 16.3. The molecule has 1 aromatic carbocycles. The van der Waals surface area contributed by atoms with Crippen LogP contribution in [0.15, 0.2) is 24.3 Å². The number of aliphatic hydroxyl groups is 1. The highest BCUT2D eigenvalue weighted by Gasteiger charge is 2.26. The third-order valence-electron chi connectivity index (χ3n) is 5.45. The van der Waals surface area contributed by atoms with Crippen molar-refractivity contribution in [2.75, 3.05) is 39.5 Å². The largest absolute Gasteiger partial charge is 0.389 e. The van der Waals surface area contributed by atoms with Crippen LogP contribution in [-0.4, -0.2) is 67.6 Å². The van der Waals surface area contributed by atoms with Gasteiger partial charge in [0.15, 0.2) is 0 Å².